The van der Waals surface area contributed by atoms with Crippen LogP contribution in [0.5, 0.6) is 0 Å². The monoisotopic (exact) mass is 312 g/mol. The molecule has 1 unspecified atom stereocenters. The summed E-state index contributed by atoms with van der Waals surface area (Å²) in [6.07, 6.45) is 3.97. The van der Waals surface area contributed by atoms with Gasteiger partial charge in [0.05, 0.1) is 12.8 Å². The summed E-state index contributed by atoms with van der Waals surface area (Å²) >= 11 is 0. The number of aliphatic hydroxyl groups is 1. The van der Waals surface area contributed by atoms with E-state index in [2.05, 4.69) is 6.92 Å². The van der Waals surface area contributed by atoms with Crippen molar-refractivity contribution in [2.24, 2.45) is 0 Å². The number of cyclic esters (lactones) is 1. The molecule has 0 amide bonds. The largest absolute Gasteiger partial charge is 0.423 e. The molecule has 0 radical (unpaired) electrons. The molecule has 22 heavy (non-hydrogen) atoms. The van der Waals surface area contributed by atoms with Crippen molar-refractivity contribution < 1.29 is 33.7 Å². The van der Waals surface area contributed by atoms with Gasteiger partial charge in [-0.25, -0.2) is 4.79 Å². The van der Waals surface area contributed by atoms with Crippen LogP contribution in [-0.4, -0.2) is 28.6 Å². The lowest BCUT2D eigenvalue weighted by molar-refractivity contribution is -0.172. The van der Waals surface area contributed by atoms with Gasteiger partial charge in [0.25, 0.3) is 0 Å². The maximum atomic E-state index is 11.9. The minimum Gasteiger partial charge on any atom is -0.423 e. The molecule has 0 aliphatic carbocycles. The standard InChI is InChI=1S/C15H20O7/c1-2-3-4-5-6-7-10-13-21-12(17)9-15(19,14(18)22-13)8-11(16)20-10/h19H,2-9H2,1H3/b13-10-. The number of rotatable bonds is 6. The SMILES string of the molecule is CCCCCCC/C1=C2\OC(=O)CC(O)(CC(=O)O1)C(=O)O2. The lowest BCUT2D eigenvalue weighted by Gasteiger charge is -2.22. The van der Waals surface area contributed by atoms with Gasteiger partial charge in [0.1, 0.15) is 0 Å². The van der Waals surface area contributed by atoms with Crippen LogP contribution in [0.15, 0.2) is 11.7 Å². The van der Waals surface area contributed by atoms with E-state index in [0.29, 0.717) is 12.8 Å². The Bertz CT molecular complexity index is 508. The molecule has 7 heteroatoms. The highest BCUT2D eigenvalue weighted by Crippen LogP contribution is 2.31. The third-order valence-corrected chi connectivity index (χ3v) is 3.62. The Morgan fingerprint density at radius 3 is 2.27 bits per heavy atom. The number of hydrogen-bond donors (Lipinski definition) is 1. The van der Waals surface area contributed by atoms with Crippen LogP contribution in [0.25, 0.3) is 0 Å². The van der Waals surface area contributed by atoms with Crippen LogP contribution in [0, 0.1) is 0 Å². The second-order valence-corrected chi connectivity index (χ2v) is 5.60. The van der Waals surface area contributed by atoms with Crippen LogP contribution >= 0.6 is 0 Å². The van der Waals surface area contributed by atoms with E-state index in [-0.39, 0.29) is 5.76 Å². The Kier molecular flexibility index (Phi) is 5.18. The van der Waals surface area contributed by atoms with Gasteiger partial charge in [-0.05, 0) is 6.42 Å². The quantitative estimate of drug-likeness (QED) is 0.588. The van der Waals surface area contributed by atoms with Crippen LogP contribution in [0.2, 0.25) is 0 Å². The molecule has 1 atom stereocenters. The number of unbranched alkanes of at least 4 members (excludes halogenated alkanes) is 4. The number of hydrogen-bond acceptors (Lipinski definition) is 7. The molecular formula is C15H20O7. The Hall–Kier alpha value is -1.89. The van der Waals surface area contributed by atoms with Gasteiger partial charge in [-0.1, -0.05) is 32.6 Å². The minimum atomic E-state index is -2.22. The second kappa shape index (κ2) is 6.91. The highest BCUT2D eigenvalue weighted by Gasteiger charge is 2.49. The summed E-state index contributed by atoms with van der Waals surface area (Å²) in [6, 6.07) is 0. The van der Waals surface area contributed by atoms with E-state index < -0.39 is 42.3 Å². The summed E-state index contributed by atoms with van der Waals surface area (Å²) in [6.45, 7) is 2.10. The zero-order chi connectivity index (χ0) is 16.2. The second-order valence-electron chi connectivity index (χ2n) is 5.60. The molecular weight excluding hydrogens is 292 g/mol. The molecule has 0 saturated carbocycles. The number of allylic oxidation sites excluding steroid dienone is 1. The van der Waals surface area contributed by atoms with E-state index in [0.717, 1.165) is 25.7 Å². The van der Waals surface area contributed by atoms with Gasteiger partial charge in [-0.3, -0.25) is 9.59 Å². The first-order chi connectivity index (χ1) is 10.4. The Morgan fingerprint density at radius 1 is 0.955 bits per heavy atom. The Labute approximate surface area is 128 Å². The van der Waals surface area contributed by atoms with Crippen molar-refractivity contribution in [1.82, 2.24) is 0 Å². The Morgan fingerprint density at radius 2 is 1.59 bits per heavy atom. The summed E-state index contributed by atoms with van der Waals surface area (Å²) in [5, 5.41) is 10.1. The molecule has 1 fully saturated rings. The normalized spacial score (nSPS) is 28.4. The van der Waals surface area contributed by atoms with Crippen LogP contribution in [0.3, 0.4) is 0 Å². The van der Waals surface area contributed by atoms with E-state index in [1.807, 2.05) is 0 Å². The fourth-order valence-electron chi connectivity index (χ4n) is 2.40. The van der Waals surface area contributed by atoms with E-state index in [1.165, 1.54) is 0 Å². The topological polar surface area (TPSA) is 99.1 Å². The molecule has 0 aromatic rings. The number of fused-ring (bicyclic) bond motifs is 3. The van der Waals surface area contributed by atoms with Crippen molar-refractivity contribution in [2.45, 2.75) is 63.9 Å². The minimum absolute atomic E-state index is 0.0344. The zero-order valence-electron chi connectivity index (χ0n) is 12.6. The first kappa shape index (κ1) is 16.5. The lowest BCUT2D eigenvalue weighted by atomic mass is 9.96. The van der Waals surface area contributed by atoms with Crippen molar-refractivity contribution >= 4 is 17.9 Å². The maximum Gasteiger partial charge on any atom is 0.347 e. The van der Waals surface area contributed by atoms with Gasteiger partial charge in [0.2, 0.25) is 0 Å². The van der Waals surface area contributed by atoms with Crippen LogP contribution in [-0.2, 0) is 28.6 Å². The van der Waals surface area contributed by atoms with E-state index >= 15 is 0 Å². The van der Waals surface area contributed by atoms with Gasteiger partial charge in [0, 0.05) is 6.42 Å². The molecule has 2 rings (SSSR count). The molecule has 2 bridgehead atoms. The fraction of sp³-hybridized carbons (Fsp3) is 0.667. The average Bonchev–Trinajstić information content (AvgIpc) is 2.50. The molecule has 2 aliphatic heterocycles. The van der Waals surface area contributed by atoms with Gasteiger partial charge >= 0.3 is 23.9 Å². The van der Waals surface area contributed by atoms with Crippen molar-refractivity contribution in [3.8, 4) is 0 Å². The van der Waals surface area contributed by atoms with E-state index in [9.17, 15) is 19.5 Å². The van der Waals surface area contributed by atoms with Crippen LogP contribution in [0.1, 0.15) is 58.3 Å². The van der Waals surface area contributed by atoms with Crippen molar-refractivity contribution in [3.05, 3.63) is 11.7 Å². The predicted octanol–water partition coefficient (Wildman–Crippen LogP) is 1.68. The first-order valence-electron chi connectivity index (χ1n) is 7.54. The molecule has 122 valence electrons. The predicted molar refractivity (Wildman–Crippen MR) is 72.9 cm³/mol. The van der Waals surface area contributed by atoms with Gasteiger partial charge in [-0.15, -0.1) is 0 Å². The molecule has 7 nitrogen and oxygen atoms in total. The summed E-state index contributed by atoms with van der Waals surface area (Å²) in [5.41, 5.74) is -2.22. The number of ether oxygens (including phenoxy) is 3. The maximum absolute atomic E-state index is 11.9. The molecule has 0 aromatic heterocycles. The third-order valence-electron chi connectivity index (χ3n) is 3.62. The van der Waals surface area contributed by atoms with Crippen LogP contribution < -0.4 is 0 Å². The van der Waals surface area contributed by atoms with E-state index in [4.69, 9.17) is 14.2 Å². The lowest BCUT2D eigenvalue weighted by Crippen LogP contribution is -2.43. The third kappa shape index (κ3) is 3.85. The smallest absolute Gasteiger partial charge is 0.347 e. The number of carbonyl (C=O) groups is 3. The molecule has 0 spiro atoms. The van der Waals surface area contributed by atoms with Gasteiger partial charge < -0.3 is 19.3 Å². The van der Waals surface area contributed by atoms with Gasteiger partial charge in [-0.2, -0.15) is 0 Å². The molecule has 0 aromatic carbocycles. The van der Waals surface area contributed by atoms with Crippen LogP contribution in [0.4, 0.5) is 0 Å². The highest BCUT2D eigenvalue weighted by molar-refractivity contribution is 5.92. The number of carbonyl (C=O) groups excluding carboxylic acids is 3. The summed E-state index contributed by atoms with van der Waals surface area (Å²) < 4.78 is 14.9. The summed E-state index contributed by atoms with van der Waals surface area (Å²) in [4.78, 5) is 35.3. The Balaban J connectivity index is 2.14. The van der Waals surface area contributed by atoms with E-state index in [1.54, 1.807) is 0 Å². The molecule has 1 N–H and O–H groups in total. The van der Waals surface area contributed by atoms with Gasteiger partial charge in [0.15, 0.2) is 11.4 Å². The molecule has 1 saturated heterocycles. The summed E-state index contributed by atoms with van der Waals surface area (Å²) in [5.74, 6) is -3.06. The first-order valence-corrected chi connectivity index (χ1v) is 7.54. The molecule has 2 heterocycles. The van der Waals surface area contributed by atoms with Crippen molar-refractivity contribution in [2.75, 3.05) is 0 Å². The summed E-state index contributed by atoms with van der Waals surface area (Å²) in [7, 11) is 0. The zero-order valence-corrected chi connectivity index (χ0v) is 12.6. The molecule has 2 aliphatic rings. The average molecular weight is 312 g/mol. The fourth-order valence-corrected chi connectivity index (χ4v) is 2.40. The van der Waals surface area contributed by atoms with Crippen molar-refractivity contribution in [3.63, 3.8) is 0 Å². The number of esters is 3. The highest BCUT2D eigenvalue weighted by atomic mass is 16.7. The van der Waals surface area contributed by atoms with Crippen molar-refractivity contribution in [1.29, 1.82) is 0 Å².